The van der Waals surface area contributed by atoms with Crippen LogP contribution in [-0.4, -0.2) is 25.7 Å². The van der Waals surface area contributed by atoms with E-state index in [1.807, 2.05) is 38.1 Å². The highest BCUT2D eigenvalue weighted by atomic mass is 16.5. The van der Waals surface area contributed by atoms with Gasteiger partial charge in [-0.05, 0) is 31.0 Å². The van der Waals surface area contributed by atoms with E-state index in [9.17, 15) is 4.79 Å². The molecule has 1 atom stereocenters. The molecule has 0 amide bonds. The van der Waals surface area contributed by atoms with Crippen molar-refractivity contribution >= 4 is 11.7 Å². The summed E-state index contributed by atoms with van der Waals surface area (Å²) in [7, 11) is 1.66. The number of esters is 1. The number of carbonyl (C=O) groups excluding carboxylic acids is 1. The van der Waals surface area contributed by atoms with E-state index < -0.39 is 0 Å². The maximum atomic E-state index is 11.7. The van der Waals surface area contributed by atoms with Gasteiger partial charge in [0.05, 0.1) is 13.2 Å². The average molecular weight is 251 g/mol. The Morgan fingerprint density at radius 1 is 1.39 bits per heavy atom. The first-order valence-electron chi connectivity index (χ1n) is 6.22. The molecule has 0 heterocycles. The molecule has 0 radical (unpaired) electrons. The van der Waals surface area contributed by atoms with Crippen LogP contribution in [0.4, 0.5) is 5.69 Å². The van der Waals surface area contributed by atoms with Gasteiger partial charge in [-0.25, -0.2) is 4.79 Å². The SMILES string of the molecule is CCOC(=O)C(CC)Nc1cccc(COC)c1. The number of hydrogen-bond acceptors (Lipinski definition) is 4. The van der Waals surface area contributed by atoms with E-state index in [-0.39, 0.29) is 12.0 Å². The minimum Gasteiger partial charge on any atom is -0.464 e. The number of anilines is 1. The lowest BCUT2D eigenvalue weighted by atomic mass is 10.1. The third kappa shape index (κ3) is 4.37. The Labute approximate surface area is 108 Å². The summed E-state index contributed by atoms with van der Waals surface area (Å²) < 4.78 is 10.1. The zero-order valence-electron chi connectivity index (χ0n) is 11.2. The number of benzene rings is 1. The summed E-state index contributed by atoms with van der Waals surface area (Å²) in [6.45, 7) is 4.73. The van der Waals surface area contributed by atoms with E-state index in [0.717, 1.165) is 11.3 Å². The number of ether oxygens (including phenoxy) is 2. The number of carbonyl (C=O) groups is 1. The summed E-state index contributed by atoms with van der Waals surface area (Å²) in [6, 6.07) is 7.53. The maximum absolute atomic E-state index is 11.7. The molecule has 1 aromatic rings. The highest BCUT2D eigenvalue weighted by Crippen LogP contribution is 2.14. The van der Waals surface area contributed by atoms with Gasteiger partial charge in [0.2, 0.25) is 0 Å². The van der Waals surface area contributed by atoms with Gasteiger partial charge < -0.3 is 14.8 Å². The molecule has 1 unspecified atom stereocenters. The number of hydrogen-bond donors (Lipinski definition) is 1. The quantitative estimate of drug-likeness (QED) is 0.757. The van der Waals surface area contributed by atoms with E-state index in [1.54, 1.807) is 7.11 Å². The van der Waals surface area contributed by atoms with Gasteiger partial charge in [0.25, 0.3) is 0 Å². The second-order valence-corrected chi connectivity index (χ2v) is 3.99. The normalized spacial score (nSPS) is 11.9. The summed E-state index contributed by atoms with van der Waals surface area (Å²) >= 11 is 0. The van der Waals surface area contributed by atoms with Gasteiger partial charge in [-0.2, -0.15) is 0 Å². The first-order chi connectivity index (χ1) is 8.71. The topological polar surface area (TPSA) is 47.6 Å². The first-order valence-corrected chi connectivity index (χ1v) is 6.22. The molecule has 0 aromatic heterocycles. The molecule has 0 saturated heterocycles. The Morgan fingerprint density at radius 3 is 2.78 bits per heavy atom. The zero-order chi connectivity index (χ0) is 13.4. The molecule has 0 saturated carbocycles. The highest BCUT2D eigenvalue weighted by molar-refractivity contribution is 5.79. The summed E-state index contributed by atoms with van der Waals surface area (Å²) in [5.74, 6) is -0.211. The number of methoxy groups -OCH3 is 1. The molecule has 18 heavy (non-hydrogen) atoms. The summed E-state index contributed by atoms with van der Waals surface area (Å²) in [5.41, 5.74) is 1.98. The highest BCUT2D eigenvalue weighted by Gasteiger charge is 2.17. The fourth-order valence-electron chi connectivity index (χ4n) is 1.69. The lowest BCUT2D eigenvalue weighted by molar-refractivity contribution is -0.144. The van der Waals surface area contributed by atoms with E-state index >= 15 is 0 Å². The second-order valence-electron chi connectivity index (χ2n) is 3.99. The van der Waals surface area contributed by atoms with Crippen LogP contribution in [0.25, 0.3) is 0 Å². The molecule has 0 spiro atoms. The van der Waals surface area contributed by atoms with Gasteiger partial charge in [-0.3, -0.25) is 0 Å². The smallest absolute Gasteiger partial charge is 0.328 e. The monoisotopic (exact) mass is 251 g/mol. The van der Waals surface area contributed by atoms with Crippen molar-refractivity contribution in [1.82, 2.24) is 0 Å². The van der Waals surface area contributed by atoms with Crippen LogP contribution in [0.2, 0.25) is 0 Å². The molecule has 1 rings (SSSR count). The molecule has 0 bridgehead atoms. The van der Waals surface area contributed by atoms with Crippen LogP contribution in [0.1, 0.15) is 25.8 Å². The molecular formula is C14H21NO3. The van der Waals surface area contributed by atoms with Crippen molar-refractivity contribution < 1.29 is 14.3 Å². The molecule has 100 valence electrons. The van der Waals surface area contributed by atoms with Crippen molar-refractivity contribution in [2.75, 3.05) is 19.0 Å². The van der Waals surface area contributed by atoms with Crippen molar-refractivity contribution in [2.24, 2.45) is 0 Å². The number of nitrogens with one attached hydrogen (secondary N) is 1. The molecule has 1 aromatic carbocycles. The molecule has 4 nitrogen and oxygen atoms in total. The van der Waals surface area contributed by atoms with Crippen LogP contribution in [0.15, 0.2) is 24.3 Å². The lowest BCUT2D eigenvalue weighted by Crippen LogP contribution is -2.30. The Bertz CT molecular complexity index is 379. The standard InChI is InChI=1S/C14H21NO3/c1-4-13(14(16)18-5-2)15-12-8-6-7-11(9-12)10-17-3/h6-9,13,15H,4-5,10H2,1-3H3. The minimum atomic E-state index is -0.303. The van der Waals surface area contributed by atoms with Crippen molar-refractivity contribution in [3.63, 3.8) is 0 Å². The Balaban J connectivity index is 2.69. The van der Waals surface area contributed by atoms with Gasteiger partial charge in [0, 0.05) is 12.8 Å². The summed E-state index contributed by atoms with van der Waals surface area (Å²) in [5, 5.41) is 3.18. The van der Waals surface area contributed by atoms with Gasteiger partial charge in [0.15, 0.2) is 0 Å². The van der Waals surface area contributed by atoms with E-state index in [4.69, 9.17) is 9.47 Å². The molecule has 4 heteroatoms. The molecule has 0 aliphatic carbocycles. The largest absolute Gasteiger partial charge is 0.464 e. The van der Waals surface area contributed by atoms with Crippen LogP contribution in [0.5, 0.6) is 0 Å². The maximum Gasteiger partial charge on any atom is 0.328 e. The van der Waals surface area contributed by atoms with E-state index in [2.05, 4.69) is 5.32 Å². The van der Waals surface area contributed by atoms with E-state index in [0.29, 0.717) is 19.6 Å². The van der Waals surface area contributed by atoms with Gasteiger partial charge in [-0.15, -0.1) is 0 Å². The first kappa shape index (κ1) is 14.5. The van der Waals surface area contributed by atoms with Crippen LogP contribution in [-0.2, 0) is 20.9 Å². The second kappa shape index (κ2) is 7.71. The van der Waals surface area contributed by atoms with Crippen LogP contribution < -0.4 is 5.32 Å². The van der Waals surface area contributed by atoms with Crippen molar-refractivity contribution in [1.29, 1.82) is 0 Å². The fraction of sp³-hybridized carbons (Fsp3) is 0.500. The number of rotatable bonds is 7. The summed E-state index contributed by atoms with van der Waals surface area (Å²) in [6.07, 6.45) is 0.688. The minimum absolute atomic E-state index is 0.211. The molecule has 0 fully saturated rings. The third-order valence-corrected chi connectivity index (χ3v) is 2.56. The molecule has 0 aliphatic heterocycles. The van der Waals surface area contributed by atoms with E-state index in [1.165, 1.54) is 0 Å². The van der Waals surface area contributed by atoms with Gasteiger partial charge in [-0.1, -0.05) is 19.1 Å². The lowest BCUT2D eigenvalue weighted by Gasteiger charge is -2.17. The molecule has 1 N–H and O–H groups in total. The van der Waals surface area contributed by atoms with Crippen LogP contribution in [0.3, 0.4) is 0 Å². The fourth-order valence-corrected chi connectivity index (χ4v) is 1.69. The molecule has 0 aliphatic rings. The zero-order valence-corrected chi connectivity index (χ0v) is 11.2. The van der Waals surface area contributed by atoms with Crippen LogP contribution in [0, 0.1) is 0 Å². The third-order valence-electron chi connectivity index (χ3n) is 2.56. The predicted molar refractivity (Wildman–Crippen MR) is 71.5 cm³/mol. The van der Waals surface area contributed by atoms with Gasteiger partial charge >= 0.3 is 5.97 Å². The van der Waals surface area contributed by atoms with Crippen molar-refractivity contribution in [2.45, 2.75) is 32.9 Å². The average Bonchev–Trinajstić information content (AvgIpc) is 2.37. The van der Waals surface area contributed by atoms with Gasteiger partial charge in [0.1, 0.15) is 6.04 Å². The van der Waals surface area contributed by atoms with Crippen LogP contribution >= 0.6 is 0 Å². The Hall–Kier alpha value is -1.55. The van der Waals surface area contributed by atoms with Crippen molar-refractivity contribution in [3.8, 4) is 0 Å². The molecular weight excluding hydrogens is 230 g/mol. The van der Waals surface area contributed by atoms with Crippen molar-refractivity contribution in [3.05, 3.63) is 29.8 Å². The predicted octanol–water partition coefficient (Wildman–Crippen LogP) is 2.59. The summed E-state index contributed by atoms with van der Waals surface area (Å²) in [4.78, 5) is 11.7. The Morgan fingerprint density at radius 2 is 2.17 bits per heavy atom. The Kier molecular flexibility index (Phi) is 6.22.